The van der Waals surface area contributed by atoms with Crippen LogP contribution in [0.15, 0.2) is 41.5 Å². The van der Waals surface area contributed by atoms with Crippen LogP contribution in [0.3, 0.4) is 0 Å². The molecule has 3 unspecified atom stereocenters. The zero-order chi connectivity index (χ0) is 18.8. The Balaban J connectivity index is 1.39. The quantitative estimate of drug-likeness (QED) is 0.826. The van der Waals surface area contributed by atoms with Crippen LogP contribution in [-0.4, -0.2) is 53.5 Å². The van der Waals surface area contributed by atoms with E-state index in [2.05, 4.69) is 44.9 Å². The number of aliphatic hydroxyl groups is 1. The standard InChI is InChI=1S/C21H27N4OP/c1-15(17-3-5-19-20(13-17)27-12-7-22-19)24-8-10-25(11-9-24)21-6-4-18(14-23-21)16(2)26/h3-7,13-16,26-27H,8-12H2,1-2H3. The molecule has 3 heterocycles. The molecule has 6 heteroatoms. The molecule has 1 aromatic carbocycles. The van der Waals surface area contributed by atoms with Crippen LogP contribution in [0, 0.1) is 0 Å². The Hall–Kier alpha value is -1.81. The fourth-order valence-corrected chi connectivity index (χ4v) is 4.75. The highest BCUT2D eigenvalue weighted by Crippen LogP contribution is 2.29. The van der Waals surface area contributed by atoms with Crippen LogP contribution >= 0.6 is 8.58 Å². The molecule has 1 N–H and O–H groups in total. The van der Waals surface area contributed by atoms with Gasteiger partial charge in [0.1, 0.15) is 5.82 Å². The van der Waals surface area contributed by atoms with Gasteiger partial charge in [0.2, 0.25) is 0 Å². The third kappa shape index (κ3) is 4.06. The van der Waals surface area contributed by atoms with Crippen LogP contribution in [0.4, 0.5) is 11.5 Å². The highest BCUT2D eigenvalue weighted by Gasteiger charge is 2.23. The van der Waals surface area contributed by atoms with Gasteiger partial charge in [-0.25, -0.2) is 4.98 Å². The van der Waals surface area contributed by atoms with Crippen molar-refractivity contribution in [3.8, 4) is 0 Å². The van der Waals surface area contributed by atoms with Crippen molar-refractivity contribution in [3.05, 3.63) is 47.7 Å². The monoisotopic (exact) mass is 382 g/mol. The number of piperazine rings is 1. The van der Waals surface area contributed by atoms with Crippen molar-refractivity contribution in [2.75, 3.05) is 37.2 Å². The molecule has 142 valence electrons. The Morgan fingerprint density at radius 1 is 1.04 bits per heavy atom. The average molecular weight is 382 g/mol. The van der Waals surface area contributed by atoms with Crippen molar-refractivity contribution >= 4 is 31.6 Å². The summed E-state index contributed by atoms with van der Waals surface area (Å²) in [5.41, 5.74) is 3.40. The Kier molecular flexibility index (Phi) is 5.53. The minimum atomic E-state index is -0.466. The molecule has 4 rings (SSSR count). The van der Waals surface area contributed by atoms with E-state index in [-0.39, 0.29) is 0 Å². The predicted octanol–water partition coefficient (Wildman–Crippen LogP) is 3.04. The second-order valence-corrected chi connectivity index (χ2v) is 8.59. The molecule has 2 aliphatic heterocycles. The molecule has 2 aliphatic rings. The zero-order valence-electron chi connectivity index (χ0n) is 16.0. The minimum absolute atomic E-state index is 0.415. The first-order valence-corrected chi connectivity index (χ1v) is 10.9. The van der Waals surface area contributed by atoms with Crippen molar-refractivity contribution in [2.24, 2.45) is 4.99 Å². The van der Waals surface area contributed by atoms with E-state index in [1.165, 1.54) is 10.9 Å². The fraction of sp³-hybridized carbons (Fsp3) is 0.429. The van der Waals surface area contributed by atoms with Crippen molar-refractivity contribution < 1.29 is 5.11 Å². The van der Waals surface area contributed by atoms with Gasteiger partial charge in [-0.1, -0.05) is 20.7 Å². The van der Waals surface area contributed by atoms with Crippen LogP contribution in [0.5, 0.6) is 0 Å². The van der Waals surface area contributed by atoms with E-state index in [9.17, 15) is 5.11 Å². The molecule has 3 atom stereocenters. The number of rotatable bonds is 4. The van der Waals surface area contributed by atoms with Crippen molar-refractivity contribution in [3.63, 3.8) is 0 Å². The summed E-state index contributed by atoms with van der Waals surface area (Å²) in [5, 5.41) is 11.0. The van der Waals surface area contributed by atoms with E-state index in [4.69, 9.17) is 0 Å². The molecule has 1 fully saturated rings. The van der Waals surface area contributed by atoms with Crippen LogP contribution in [0.1, 0.15) is 37.1 Å². The maximum absolute atomic E-state index is 9.64. The molecular formula is C21H27N4OP. The first-order chi connectivity index (χ1) is 13.1. The third-order valence-corrected chi connectivity index (χ3v) is 6.72. The first-order valence-electron chi connectivity index (χ1n) is 9.65. The average Bonchev–Trinajstić information content (AvgIpc) is 2.73. The van der Waals surface area contributed by atoms with E-state index in [0.29, 0.717) is 6.04 Å². The lowest BCUT2D eigenvalue weighted by Crippen LogP contribution is -2.47. The third-order valence-electron chi connectivity index (χ3n) is 5.56. The molecular weight excluding hydrogens is 355 g/mol. The largest absolute Gasteiger partial charge is 0.389 e. The normalized spacial score (nSPS) is 20.5. The van der Waals surface area contributed by atoms with Crippen molar-refractivity contribution in [1.29, 1.82) is 0 Å². The Labute approximate surface area is 162 Å². The van der Waals surface area contributed by atoms with Gasteiger partial charge in [0.05, 0.1) is 11.8 Å². The number of hydrogen-bond acceptors (Lipinski definition) is 5. The van der Waals surface area contributed by atoms with Crippen molar-refractivity contribution in [2.45, 2.75) is 26.0 Å². The number of pyridine rings is 1. The van der Waals surface area contributed by atoms with E-state index in [1.807, 2.05) is 18.3 Å². The van der Waals surface area contributed by atoms with Gasteiger partial charge in [0.25, 0.3) is 0 Å². The minimum Gasteiger partial charge on any atom is -0.389 e. The summed E-state index contributed by atoms with van der Waals surface area (Å²) in [6.45, 7) is 8.08. The van der Waals surface area contributed by atoms with Crippen molar-refractivity contribution in [1.82, 2.24) is 9.88 Å². The molecule has 5 nitrogen and oxygen atoms in total. The van der Waals surface area contributed by atoms with E-state index in [0.717, 1.165) is 58.0 Å². The van der Waals surface area contributed by atoms with Gasteiger partial charge in [-0.05, 0) is 48.5 Å². The Morgan fingerprint density at radius 2 is 1.81 bits per heavy atom. The summed E-state index contributed by atoms with van der Waals surface area (Å²) in [7, 11) is 0.843. The zero-order valence-corrected chi connectivity index (χ0v) is 17.0. The molecule has 0 spiro atoms. The topological polar surface area (TPSA) is 52.0 Å². The van der Waals surface area contributed by atoms with Crippen LogP contribution in [-0.2, 0) is 0 Å². The number of aliphatic hydroxyl groups excluding tert-OH is 1. The Morgan fingerprint density at radius 3 is 2.52 bits per heavy atom. The molecule has 27 heavy (non-hydrogen) atoms. The van der Waals surface area contributed by atoms with Gasteiger partial charge >= 0.3 is 0 Å². The van der Waals surface area contributed by atoms with E-state index >= 15 is 0 Å². The van der Waals surface area contributed by atoms with E-state index in [1.54, 1.807) is 13.1 Å². The second kappa shape index (κ2) is 8.05. The maximum Gasteiger partial charge on any atom is 0.128 e. The second-order valence-electron chi connectivity index (χ2n) is 7.29. The molecule has 1 saturated heterocycles. The Bertz CT molecular complexity index is 813. The van der Waals surface area contributed by atoms with E-state index < -0.39 is 6.10 Å². The summed E-state index contributed by atoms with van der Waals surface area (Å²) in [4.78, 5) is 13.9. The molecule has 1 aromatic heterocycles. The summed E-state index contributed by atoms with van der Waals surface area (Å²) in [6, 6.07) is 11.2. The van der Waals surface area contributed by atoms with Gasteiger partial charge in [0, 0.05) is 50.8 Å². The molecule has 0 amide bonds. The summed E-state index contributed by atoms with van der Waals surface area (Å²) >= 11 is 0. The summed E-state index contributed by atoms with van der Waals surface area (Å²) < 4.78 is 0. The van der Waals surface area contributed by atoms with Gasteiger partial charge in [-0.15, -0.1) is 0 Å². The number of anilines is 1. The lowest BCUT2D eigenvalue weighted by Gasteiger charge is -2.39. The summed E-state index contributed by atoms with van der Waals surface area (Å²) in [5.74, 6) is 1.000. The number of fused-ring (bicyclic) bond motifs is 1. The lowest BCUT2D eigenvalue weighted by atomic mass is 10.1. The number of benzene rings is 1. The number of nitrogens with zero attached hydrogens (tertiary/aromatic N) is 4. The fourth-order valence-electron chi connectivity index (χ4n) is 3.75. The first kappa shape index (κ1) is 18.5. The van der Waals surface area contributed by atoms with Crippen LogP contribution in [0.2, 0.25) is 0 Å². The number of aliphatic imine (C=N–C) groups is 1. The highest BCUT2D eigenvalue weighted by molar-refractivity contribution is 7.48. The maximum atomic E-state index is 9.64. The molecule has 2 aromatic rings. The van der Waals surface area contributed by atoms with Gasteiger partial charge in [0.15, 0.2) is 0 Å². The summed E-state index contributed by atoms with van der Waals surface area (Å²) in [6.07, 6.45) is 4.42. The number of hydrogen-bond donors (Lipinski definition) is 1. The van der Waals surface area contributed by atoms with Crippen LogP contribution < -0.4 is 10.2 Å². The van der Waals surface area contributed by atoms with Gasteiger partial charge in [-0.3, -0.25) is 9.89 Å². The molecule has 0 saturated carbocycles. The molecule has 0 bridgehead atoms. The predicted molar refractivity (Wildman–Crippen MR) is 114 cm³/mol. The smallest absolute Gasteiger partial charge is 0.128 e. The SMILES string of the molecule is CC(O)c1ccc(N2CCN(C(C)c3ccc4c(c3)PCC=N4)CC2)nc1. The number of aromatic nitrogens is 1. The van der Waals surface area contributed by atoms with Gasteiger partial charge < -0.3 is 10.0 Å². The van der Waals surface area contributed by atoms with Gasteiger partial charge in [-0.2, -0.15) is 0 Å². The lowest BCUT2D eigenvalue weighted by molar-refractivity contribution is 0.197. The molecule has 0 aliphatic carbocycles. The highest BCUT2D eigenvalue weighted by atomic mass is 31.1. The molecule has 0 radical (unpaired) electrons. The van der Waals surface area contributed by atoms with Crippen LogP contribution in [0.25, 0.3) is 0 Å².